The van der Waals surface area contributed by atoms with Crippen molar-refractivity contribution in [2.45, 2.75) is 97.9 Å². The van der Waals surface area contributed by atoms with Gasteiger partial charge >= 0.3 is 11.9 Å². The highest BCUT2D eigenvalue weighted by Gasteiger charge is 2.33. The number of amides is 3. The summed E-state index contributed by atoms with van der Waals surface area (Å²) in [4.78, 5) is 63.6. The van der Waals surface area contributed by atoms with Gasteiger partial charge in [-0.1, -0.05) is 26.0 Å². The first-order valence-electron chi connectivity index (χ1n) is 13.9. The van der Waals surface area contributed by atoms with Crippen LogP contribution in [0.25, 0.3) is 0 Å². The number of esters is 2. The Kier molecular flexibility index (Phi) is 14.2. The van der Waals surface area contributed by atoms with Gasteiger partial charge in [-0.25, -0.2) is 4.79 Å². The molecule has 12 heteroatoms. The molecule has 0 spiro atoms. The molecule has 0 unspecified atom stereocenters. The van der Waals surface area contributed by atoms with Crippen molar-refractivity contribution < 1.29 is 33.4 Å². The maximum atomic E-state index is 13.2. The quantitative estimate of drug-likeness (QED) is 0.115. The summed E-state index contributed by atoms with van der Waals surface area (Å²) in [7, 11) is 0. The third-order valence-electron chi connectivity index (χ3n) is 5.55. The normalized spacial score (nSPS) is 13.0. The van der Waals surface area contributed by atoms with Crippen molar-refractivity contribution in [3.05, 3.63) is 35.4 Å². The molecule has 42 heavy (non-hydrogen) atoms. The van der Waals surface area contributed by atoms with E-state index >= 15 is 0 Å². The van der Waals surface area contributed by atoms with Gasteiger partial charge in [-0.05, 0) is 72.3 Å². The maximum Gasteiger partial charge on any atom is 0.329 e. The second-order valence-electron chi connectivity index (χ2n) is 12.1. The van der Waals surface area contributed by atoms with Gasteiger partial charge in [-0.3, -0.25) is 24.6 Å². The van der Waals surface area contributed by atoms with E-state index in [4.69, 9.17) is 14.9 Å². The fourth-order valence-electron chi connectivity index (χ4n) is 3.59. The van der Waals surface area contributed by atoms with Crippen LogP contribution in [0.5, 0.6) is 0 Å². The Hall–Kier alpha value is -3.41. The molecule has 0 heterocycles. The summed E-state index contributed by atoms with van der Waals surface area (Å²) >= 11 is 1.30. The number of ether oxygens (including phenoxy) is 2. The summed E-state index contributed by atoms with van der Waals surface area (Å²) in [5.74, 6) is -3.18. The van der Waals surface area contributed by atoms with Crippen molar-refractivity contribution in [2.24, 2.45) is 5.92 Å². The van der Waals surface area contributed by atoms with Gasteiger partial charge in [0.2, 0.25) is 11.8 Å². The Balaban J connectivity index is 2.82. The lowest BCUT2D eigenvalue weighted by atomic mass is 10.0. The monoisotopic (exact) mass is 606 g/mol. The fourth-order valence-corrected chi connectivity index (χ4v) is 3.96. The Morgan fingerprint density at radius 3 is 1.93 bits per heavy atom. The Morgan fingerprint density at radius 2 is 1.43 bits per heavy atom. The summed E-state index contributed by atoms with van der Waals surface area (Å²) in [5.41, 5.74) is -0.424. The van der Waals surface area contributed by atoms with E-state index in [-0.39, 0.29) is 31.2 Å². The average molecular weight is 607 g/mol. The number of rotatable bonds is 13. The lowest BCUT2D eigenvalue weighted by Gasteiger charge is -2.28. The minimum atomic E-state index is -1.29. The second-order valence-corrected chi connectivity index (χ2v) is 13.0. The zero-order valence-corrected chi connectivity index (χ0v) is 27.0. The van der Waals surface area contributed by atoms with E-state index in [1.54, 1.807) is 85.9 Å². The lowest BCUT2D eigenvalue weighted by Crippen LogP contribution is -2.55. The van der Waals surface area contributed by atoms with Crippen molar-refractivity contribution in [3.63, 3.8) is 0 Å². The molecule has 0 radical (unpaired) electrons. The molecule has 0 aliphatic heterocycles. The Morgan fingerprint density at radius 1 is 0.881 bits per heavy atom. The minimum Gasteiger partial charge on any atom is -0.460 e. The van der Waals surface area contributed by atoms with Crippen molar-refractivity contribution >= 4 is 46.5 Å². The zero-order valence-electron chi connectivity index (χ0n) is 26.1. The van der Waals surface area contributed by atoms with Gasteiger partial charge < -0.3 is 25.4 Å². The molecular formula is C30H46N4O7S. The van der Waals surface area contributed by atoms with Crippen molar-refractivity contribution in [1.29, 1.82) is 5.41 Å². The molecule has 0 aliphatic rings. The number of carbonyl (C=O) groups is 5. The van der Waals surface area contributed by atoms with Gasteiger partial charge in [0.1, 0.15) is 23.3 Å². The molecule has 1 aromatic rings. The molecule has 0 saturated carbocycles. The van der Waals surface area contributed by atoms with Crippen LogP contribution >= 0.6 is 11.8 Å². The SMILES string of the molecule is CSC(=N)c1ccc(C(=O)NCCCC(=O)N[C@@H](CC(=O)OC(C)(C)C)C(=O)N[C@H](C(=O)OC(C)(C)C)C(C)C)cc1. The van der Waals surface area contributed by atoms with Gasteiger partial charge in [0.15, 0.2) is 0 Å². The van der Waals surface area contributed by atoms with Gasteiger partial charge in [0.05, 0.1) is 11.5 Å². The zero-order chi connectivity index (χ0) is 32.3. The lowest BCUT2D eigenvalue weighted by molar-refractivity contribution is -0.160. The third kappa shape index (κ3) is 14.0. The molecule has 0 aliphatic carbocycles. The first-order valence-corrected chi connectivity index (χ1v) is 15.1. The van der Waals surface area contributed by atoms with Gasteiger partial charge in [0.25, 0.3) is 5.91 Å². The molecule has 4 N–H and O–H groups in total. The number of hydrogen-bond donors (Lipinski definition) is 4. The highest BCUT2D eigenvalue weighted by atomic mass is 32.2. The van der Waals surface area contributed by atoms with Crippen LogP contribution in [0.1, 0.15) is 90.6 Å². The first kappa shape index (κ1) is 36.6. The standard InChI is InChI=1S/C30H46N4O7S/c1-18(2)24(28(39)41-30(6,7)8)34-27(38)21(17-23(36)40-29(3,4)5)33-22(35)11-10-16-32-26(37)20-14-12-19(13-15-20)25(31)42-9/h12-15,18,21,24,31H,10-11,16-17H2,1-9H3,(H,32,37)(H,33,35)(H,34,38)/t21-,24-/m0/s1. The predicted molar refractivity (Wildman–Crippen MR) is 163 cm³/mol. The summed E-state index contributed by atoms with van der Waals surface area (Å²) in [5, 5.41) is 16.2. The van der Waals surface area contributed by atoms with E-state index in [9.17, 15) is 24.0 Å². The Labute approximate surface area is 253 Å². The van der Waals surface area contributed by atoms with Crippen LogP contribution in [-0.2, 0) is 28.7 Å². The number of thioether (sulfide) groups is 1. The molecule has 1 aromatic carbocycles. The number of carbonyl (C=O) groups excluding carboxylic acids is 5. The molecule has 11 nitrogen and oxygen atoms in total. The van der Waals surface area contributed by atoms with E-state index in [0.29, 0.717) is 16.2 Å². The second kappa shape index (κ2) is 16.3. The summed E-state index contributed by atoms with van der Waals surface area (Å²) in [6.45, 7) is 13.9. The van der Waals surface area contributed by atoms with E-state index < -0.39 is 53.5 Å². The predicted octanol–water partition coefficient (Wildman–Crippen LogP) is 3.58. The van der Waals surface area contributed by atoms with Crippen LogP contribution in [0.15, 0.2) is 24.3 Å². The van der Waals surface area contributed by atoms with E-state index in [1.807, 2.05) is 0 Å². The Bertz CT molecular complexity index is 1120. The third-order valence-corrected chi connectivity index (χ3v) is 6.19. The van der Waals surface area contributed by atoms with Crippen molar-refractivity contribution in [3.8, 4) is 0 Å². The van der Waals surface area contributed by atoms with Gasteiger partial charge in [0, 0.05) is 24.1 Å². The minimum absolute atomic E-state index is 0.0259. The van der Waals surface area contributed by atoms with Crippen LogP contribution in [-0.4, -0.2) is 70.8 Å². The molecule has 0 fully saturated rings. The smallest absolute Gasteiger partial charge is 0.329 e. The molecule has 0 bridgehead atoms. The van der Waals surface area contributed by atoms with Gasteiger partial charge in [-0.2, -0.15) is 0 Å². The van der Waals surface area contributed by atoms with Gasteiger partial charge in [-0.15, -0.1) is 11.8 Å². The largest absolute Gasteiger partial charge is 0.460 e. The average Bonchev–Trinajstić information content (AvgIpc) is 2.86. The number of hydrogen-bond acceptors (Lipinski definition) is 9. The van der Waals surface area contributed by atoms with Crippen LogP contribution in [0.2, 0.25) is 0 Å². The molecular weight excluding hydrogens is 560 g/mol. The topological polar surface area (TPSA) is 164 Å². The van der Waals surface area contributed by atoms with E-state index in [0.717, 1.165) is 0 Å². The van der Waals surface area contributed by atoms with Crippen molar-refractivity contribution in [2.75, 3.05) is 12.8 Å². The van der Waals surface area contributed by atoms with Crippen LogP contribution in [0.3, 0.4) is 0 Å². The number of nitrogens with one attached hydrogen (secondary N) is 4. The molecule has 2 atom stereocenters. The van der Waals surface area contributed by atoms with Crippen LogP contribution < -0.4 is 16.0 Å². The summed E-state index contributed by atoms with van der Waals surface area (Å²) < 4.78 is 10.8. The van der Waals surface area contributed by atoms with Crippen molar-refractivity contribution in [1.82, 2.24) is 16.0 Å². The molecule has 3 amide bonds. The molecule has 0 aromatic heterocycles. The summed E-state index contributed by atoms with van der Waals surface area (Å²) in [6.07, 6.45) is 1.62. The summed E-state index contributed by atoms with van der Waals surface area (Å²) in [6, 6.07) is 4.37. The number of benzene rings is 1. The highest BCUT2D eigenvalue weighted by Crippen LogP contribution is 2.14. The van der Waals surface area contributed by atoms with E-state index in [1.165, 1.54) is 11.8 Å². The first-order chi connectivity index (χ1) is 19.3. The fraction of sp³-hybridized carbons (Fsp3) is 0.600. The molecule has 1 rings (SSSR count). The van der Waals surface area contributed by atoms with E-state index in [2.05, 4.69) is 16.0 Å². The highest BCUT2D eigenvalue weighted by molar-refractivity contribution is 8.13. The molecule has 234 valence electrons. The molecule has 0 saturated heterocycles. The maximum absolute atomic E-state index is 13.2. The van der Waals surface area contributed by atoms with Crippen LogP contribution in [0, 0.1) is 11.3 Å². The van der Waals surface area contributed by atoms with Crippen LogP contribution in [0.4, 0.5) is 0 Å².